The fourth-order valence-electron chi connectivity index (χ4n) is 1.84. The summed E-state index contributed by atoms with van der Waals surface area (Å²) in [4.78, 5) is 11.7. The lowest BCUT2D eigenvalue weighted by molar-refractivity contribution is -0.121. The first-order valence-electron chi connectivity index (χ1n) is 6.95. The zero-order valence-corrected chi connectivity index (χ0v) is 12.2. The Hall–Kier alpha value is -1.75. The van der Waals surface area contributed by atoms with Crippen LogP contribution in [0.1, 0.15) is 26.3 Å². The molecule has 1 atom stereocenters. The molecule has 5 heteroatoms. The molecule has 0 saturated heterocycles. The first kappa shape index (κ1) is 14.7. The van der Waals surface area contributed by atoms with Crippen LogP contribution in [0.2, 0.25) is 0 Å². The standard InChI is InChI=1S/C15H22N2O3/c1-10(2)11(3)17-15(18)8-16-7-12-4-5-13-14(6-12)20-9-19-13/h4-6,10-11,16H,7-9H2,1-3H3,(H,17,18). The van der Waals surface area contributed by atoms with Gasteiger partial charge in [-0.1, -0.05) is 19.9 Å². The van der Waals surface area contributed by atoms with Crippen LogP contribution in [0.25, 0.3) is 0 Å². The largest absolute Gasteiger partial charge is 0.454 e. The van der Waals surface area contributed by atoms with E-state index in [-0.39, 0.29) is 18.7 Å². The Morgan fingerprint density at radius 2 is 2.00 bits per heavy atom. The number of fused-ring (bicyclic) bond motifs is 1. The molecule has 110 valence electrons. The molecule has 20 heavy (non-hydrogen) atoms. The third-order valence-electron chi connectivity index (χ3n) is 3.44. The van der Waals surface area contributed by atoms with Crippen molar-refractivity contribution in [1.29, 1.82) is 0 Å². The minimum absolute atomic E-state index is 0.0203. The van der Waals surface area contributed by atoms with Gasteiger partial charge >= 0.3 is 0 Å². The molecule has 0 bridgehead atoms. The highest BCUT2D eigenvalue weighted by Gasteiger charge is 2.13. The van der Waals surface area contributed by atoms with E-state index in [0.29, 0.717) is 19.0 Å². The van der Waals surface area contributed by atoms with E-state index in [2.05, 4.69) is 24.5 Å². The van der Waals surface area contributed by atoms with Crippen LogP contribution in [0.15, 0.2) is 18.2 Å². The summed E-state index contributed by atoms with van der Waals surface area (Å²) in [6.45, 7) is 7.41. The van der Waals surface area contributed by atoms with Crippen molar-refractivity contribution in [3.8, 4) is 11.5 Å². The number of nitrogens with one attached hydrogen (secondary N) is 2. The second-order valence-electron chi connectivity index (χ2n) is 5.39. The maximum absolute atomic E-state index is 11.7. The van der Waals surface area contributed by atoms with Crippen molar-refractivity contribution in [2.75, 3.05) is 13.3 Å². The van der Waals surface area contributed by atoms with Crippen molar-refractivity contribution in [3.05, 3.63) is 23.8 Å². The van der Waals surface area contributed by atoms with Crippen LogP contribution < -0.4 is 20.1 Å². The van der Waals surface area contributed by atoms with Crippen LogP contribution >= 0.6 is 0 Å². The summed E-state index contributed by atoms with van der Waals surface area (Å²) in [7, 11) is 0. The maximum atomic E-state index is 11.7. The van der Waals surface area contributed by atoms with Crippen molar-refractivity contribution in [1.82, 2.24) is 10.6 Å². The van der Waals surface area contributed by atoms with E-state index in [9.17, 15) is 4.79 Å². The van der Waals surface area contributed by atoms with E-state index in [0.717, 1.165) is 17.1 Å². The lowest BCUT2D eigenvalue weighted by atomic mass is 10.1. The predicted octanol–water partition coefficient (Wildman–Crippen LogP) is 1.67. The number of benzene rings is 1. The summed E-state index contributed by atoms with van der Waals surface area (Å²) in [5.74, 6) is 2.00. The van der Waals surface area contributed by atoms with E-state index >= 15 is 0 Å². The SMILES string of the molecule is CC(C)C(C)NC(=O)CNCc1ccc2c(c1)OCO2. The molecule has 1 unspecified atom stereocenters. The smallest absolute Gasteiger partial charge is 0.234 e. The summed E-state index contributed by atoms with van der Waals surface area (Å²) < 4.78 is 10.6. The van der Waals surface area contributed by atoms with Gasteiger partial charge in [0.15, 0.2) is 11.5 Å². The molecule has 1 heterocycles. The summed E-state index contributed by atoms with van der Waals surface area (Å²) in [6, 6.07) is 5.98. The van der Waals surface area contributed by atoms with Crippen LogP contribution in [0.5, 0.6) is 11.5 Å². The predicted molar refractivity (Wildman–Crippen MR) is 76.7 cm³/mol. The number of hydrogen-bond donors (Lipinski definition) is 2. The molecule has 0 saturated carbocycles. The van der Waals surface area contributed by atoms with Gasteiger partial charge in [0.25, 0.3) is 0 Å². The molecule has 0 radical (unpaired) electrons. The second kappa shape index (κ2) is 6.61. The lowest BCUT2D eigenvalue weighted by Crippen LogP contribution is -2.41. The molecule has 0 spiro atoms. The van der Waals surface area contributed by atoms with Crippen molar-refractivity contribution in [2.45, 2.75) is 33.4 Å². The van der Waals surface area contributed by atoms with Crippen LogP contribution in [-0.2, 0) is 11.3 Å². The maximum Gasteiger partial charge on any atom is 0.234 e. The van der Waals surface area contributed by atoms with Crippen molar-refractivity contribution in [2.24, 2.45) is 5.92 Å². The highest BCUT2D eigenvalue weighted by Crippen LogP contribution is 2.32. The van der Waals surface area contributed by atoms with Gasteiger partial charge in [0.05, 0.1) is 6.54 Å². The van der Waals surface area contributed by atoms with E-state index in [1.54, 1.807) is 0 Å². The Labute approximate surface area is 119 Å². The molecule has 1 amide bonds. The van der Waals surface area contributed by atoms with Gasteiger partial charge in [0.1, 0.15) is 0 Å². The van der Waals surface area contributed by atoms with Crippen molar-refractivity contribution < 1.29 is 14.3 Å². The van der Waals surface area contributed by atoms with Gasteiger partial charge in [-0.3, -0.25) is 4.79 Å². The molecular formula is C15H22N2O3. The van der Waals surface area contributed by atoms with E-state index in [4.69, 9.17) is 9.47 Å². The Kier molecular flexibility index (Phi) is 4.84. The molecule has 0 fully saturated rings. The average Bonchev–Trinajstić information content (AvgIpc) is 2.85. The highest BCUT2D eigenvalue weighted by molar-refractivity contribution is 5.78. The average molecular weight is 278 g/mol. The van der Waals surface area contributed by atoms with Crippen LogP contribution in [0.4, 0.5) is 0 Å². The summed E-state index contributed by atoms with van der Waals surface area (Å²) >= 11 is 0. The van der Waals surface area contributed by atoms with Crippen molar-refractivity contribution in [3.63, 3.8) is 0 Å². The van der Waals surface area contributed by atoms with Gasteiger partial charge in [-0.05, 0) is 30.5 Å². The molecule has 0 aliphatic carbocycles. The van der Waals surface area contributed by atoms with E-state index in [1.807, 2.05) is 25.1 Å². The van der Waals surface area contributed by atoms with Gasteiger partial charge < -0.3 is 20.1 Å². The molecule has 0 aromatic heterocycles. The number of rotatable bonds is 6. The number of amides is 1. The van der Waals surface area contributed by atoms with Crippen molar-refractivity contribution >= 4 is 5.91 Å². The zero-order valence-electron chi connectivity index (χ0n) is 12.2. The molecule has 1 aromatic carbocycles. The lowest BCUT2D eigenvalue weighted by Gasteiger charge is -2.17. The number of carbonyl (C=O) groups excluding carboxylic acids is 1. The quantitative estimate of drug-likeness (QED) is 0.831. The molecule has 1 aliphatic rings. The summed E-state index contributed by atoms with van der Waals surface area (Å²) in [6.07, 6.45) is 0. The van der Waals surface area contributed by atoms with Crippen LogP contribution in [0, 0.1) is 5.92 Å². The third kappa shape index (κ3) is 3.87. The van der Waals surface area contributed by atoms with Gasteiger partial charge in [0, 0.05) is 12.6 Å². The van der Waals surface area contributed by atoms with Crippen LogP contribution in [0.3, 0.4) is 0 Å². The minimum Gasteiger partial charge on any atom is -0.454 e. The second-order valence-corrected chi connectivity index (χ2v) is 5.39. The third-order valence-corrected chi connectivity index (χ3v) is 3.44. The molecule has 2 rings (SSSR count). The zero-order chi connectivity index (χ0) is 14.5. The Bertz CT molecular complexity index is 474. The molecule has 5 nitrogen and oxygen atoms in total. The fraction of sp³-hybridized carbons (Fsp3) is 0.533. The van der Waals surface area contributed by atoms with Gasteiger partial charge in [-0.2, -0.15) is 0 Å². The van der Waals surface area contributed by atoms with Gasteiger partial charge in [-0.15, -0.1) is 0 Å². The fourth-order valence-corrected chi connectivity index (χ4v) is 1.84. The van der Waals surface area contributed by atoms with Gasteiger partial charge in [0.2, 0.25) is 12.7 Å². The number of ether oxygens (including phenoxy) is 2. The topological polar surface area (TPSA) is 59.6 Å². The first-order valence-corrected chi connectivity index (χ1v) is 6.95. The van der Waals surface area contributed by atoms with E-state index in [1.165, 1.54) is 0 Å². The molecular weight excluding hydrogens is 256 g/mol. The number of hydrogen-bond acceptors (Lipinski definition) is 4. The van der Waals surface area contributed by atoms with Crippen LogP contribution in [-0.4, -0.2) is 25.3 Å². The molecule has 1 aromatic rings. The highest BCUT2D eigenvalue weighted by atomic mass is 16.7. The minimum atomic E-state index is 0.0203. The van der Waals surface area contributed by atoms with Gasteiger partial charge in [-0.25, -0.2) is 0 Å². The summed E-state index contributed by atoms with van der Waals surface area (Å²) in [5, 5.41) is 6.09. The summed E-state index contributed by atoms with van der Waals surface area (Å²) in [5.41, 5.74) is 1.07. The molecule has 1 aliphatic heterocycles. The normalized spacial score (nSPS) is 14.4. The Morgan fingerprint density at radius 1 is 1.25 bits per heavy atom. The monoisotopic (exact) mass is 278 g/mol. The van der Waals surface area contributed by atoms with E-state index < -0.39 is 0 Å². The first-order chi connectivity index (χ1) is 9.56. The Morgan fingerprint density at radius 3 is 2.75 bits per heavy atom. The Balaban J connectivity index is 1.74. The molecule has 2 N–H and O–H groups in total. The number of carbonyl (C=O) groups is 1.